The van der Waals surface area contributed by atoms with Gasteiger partial charge in [0.15, 0.2) is 5.82 Å². The zero-order valence-electron chi connectivity index (χ0n) is 19.2. The third-order valence-electron chi connectivity index (χ3n) is 5.44. The van der Waals surface area contributed by atoms with Crippen molar-refractivity contribution in [3.8, 4) is 39.9 Å². The Bertz CT molecular complexity index is 1080. The van der Waals surface area contributed by atoms with E-state index >= 15 is 0 Å². The molecule has 0 fully saturated rings. The van der Waals surface area contributed by atoms with E-state index in [9.17, 15) is 0 Å². The highest BCUT2D eigenvalue weighted by atomic mass is 16.5. The molecule has 0 amide bonds. The molecule has 0 radical (unpaired) electrons. The van der Waals surface area contributed by atoms with E-state index in [0.29, 0.717) is 5.82 Å². The maximum atomic E-state index is 6.04. The first-order chi connectivity index (χ1) is 16.3. The van der Waals surface area contributed by atoms with Crippen LogP contribution in [0.5, 0.6) is 5.75 Å². The van der Waals surface area contributed by atoms with Crippen molar-refractivity contribution >= 4 is 0 Å². The van der Waals surface area contributed by atoms with E-state index in [1.165, 1.54) is 32.1 Å². The van der Waals surface area contributed by atoms with Gasteiger partial charge in [0.1, 0.15) is 11.4 Å². The normalized spacial score (nSPS) is 10.8. The van der Waals surface area contributed by atoms with Crippen molar-refractivity contribution in [3.63, 3.8) is 0 Å². The van der Waals surface area contributed by atoms with Crippen LogP contribution < -0.4 is 4.74 Å². The van der Waals surface area contributed by atoms with Crippen LogP contribution in [0.15, 0.2) is 79.1 Å². The van der Waals surface area contributed by atoms with Crippen LogP contribution >= 0.6 is 0 Å². The topological polar surface area (TPSA) is 60.8 Å². The molecule has 0 spiro atoms. The molecule has 0 N–H and O–H groups in total. The molecule has 0 saturated carbocycles. The molecule has 0 atom stereocenters. The van der Waals surface area contributed by atoms with E-state index in [4.69, 9.17) is 14.7 Å². The van der Waals surface area contributed by atoms with Gasteiger partial charge in [-0.25, -0.2) is 9.97 Å². The van der Waals surface area contributed by atoms with E-state index in [0.717, 1.165) is 47.1 Å². The molecule has 168 valence electrons. The maximum absolute atomic E-state index is 6.04. The standard InChI is InChI=1S/C28H30N4O/c1-2-3-4-5-6-11-19-33-23-14-12-13-22(20-23)26-21-27(24-15-7-9-17-29-24)32-28(31-26)25-16-8-10-18-30-25/h7-10,12-18,20-21H,2-6,11,19H2,1H3. The van der Waals surface area contributed by atoms with Crippen molar-refractivity contribution in [2.75, 3.05) is 6.61 Å². The van der Waals surface area contributed by atoms with Gasteiger partial charge in [0.05, 0.1) is 23.7 Å². The molecule has 1 aromatic carbocycles. The fraction of sp³-hybridized carbons (Fsp3) is 0.286. The summed E-state index contributed by atoms with van der Waals surface area (Å²) in [5.41, 5.74) is 4.09. The summed E-state index contributed by atoms with van der Waals surface area (Å²) in [5, 5.41) is 0. The van der Waals surface area contributed by atoms with Crippen molar-refractivity contribution in [3.05, 3.63) is 79.1 Å². The molecule has 0 aliphatic heterocycles. The molecule has 4 rings (SSSR count). The quantitative estimate of drug-likeness (QED) is 0.236. The smallest absolute Gasteiger partial charge is 0.179 e. The van der Waals surface area contributed by atoms with Crippen LogP contribution in [0.4, 0.5) is 0 Å². The first-order valence-corrected chi connectivity index (χ1v) is 11.8. The Morgan fingerprint density at radius 3 is 2.12 bits per heavy atom. The lowest BCUT2D eigenvalue weighted by Gasteiger charge is -2.10. The van der Waals surface area contributed by atoms with Gasteiger partial charge >= 0.3 is 0 Å². The SMILES string of the molecule is CCCCCCCCOc1cccc(-c2cc(-c3ccccn3)nc(-c3ccccn3)n2)c1. The minimum atomic E-state index is 0.576. The summed E-state index contributed by atoms with van der Waals surface area (Å²) in [6.45, 7) is 2.98. The number of hydrogen-bond donors (Lipinski definition) is 0. The third-order valence-corrected chi connectivity index (χ3v) is 5.44. The van der Waals surface area contributed by atoms with Gasteiger partial charge in [-0.1, -0.05) is 63.3 Å². The molecule has 5 heteroatoms. The van der Waals surface area contributed by atoms with Crippen LogP contribution in [0.25, 0.3) is 34.2 Å². The summed E-state index contributed by atoms with van der Waals surface area (Å²) in [4.78, 5) is 18.5. The van der Waals surface area contributed by atoms with Crippen molar-refractivity contribution in [2.24, 2.45) is 0 Å². The summed E-state index contributed by atoms with van der Waals surface area (Å²) in [6, 6.07) is 21.6. The molecule has 0 unspecified atom stereocenters. The van der Waals surface area contributed by atoms with Gasteiger partial charge in [-0.3, -0.25) is 9.97 Å². The summed E-state index contributed by atoms with van der Waals surface area (Å²) >= 11 is 0. The molecule has 0 bridgehead atoms. The summed E-state index contributed by atoms with van der Waals surface area (Å²) in [7, 11) is 0. The Balaban J connectivity index is 1.56. The zero-order chi connectivity index (χ0) is 22.7. The van der Waals surface area contributed by atoms with Crippen LogP contribution in [0.2, 0.25) is 0 Å². The van der Waals surface area contributed by atoms with E-state index in [1.807, 2.05) is 66.7 Å². The van der Waals surface area contributed by atoms with E-state index in [1.54, 1.807) is 12.4 Å². The number of aromatic nitrogens is 4. The largest absolute Gasteiger partial charge is 0.494 e. The van der Waals surface area contributed by atoms with Crippen LogP contribution in [0.3, 0.4) is 0 Å². The number of hydrogen-bond acceptors (Lipinski definition) is 5. The molecule has 3 aromatic heterocycles. The average Bonchev–Trinajstić information content (AvgIpc) is 2.89. The van der Waals surface area contributed by atoms with E-state index in [-0.39, 0.29) is 0 Å². The Morgan fingerprint density at radius 1 is 0.636 bits per heavy atom. The van der Waals surface area contributed by atoms with Gasteiger partial charge in [-0.15, -0.1) is 0 Å². The molecule has 0 saturated heterocycles. The Morgan fingerprint density at radius 2 is 1.36 bits per heavy atom. The second kappa shape index (κ2) is 11.9. The minimum absolute atomic E-state index is 0.576. The fourth-order valence-electron chi connectivity index (χ4n) is 3.67. The van der Waals surface area contributed by atoms with Crippen molar-refractivity contribution in [2.45, 2.75) is 45.4 Å². The van der Waals surface area contributed by atoms with Crippen LogP contribution in [-0.4, -0.2) is 26.5 Å². The first kappa shape index (κ1) is 22.6. The summed E-state index contributed by atoms with van der Waals surface area (Å²) in [6.07, 6.45) is 11.0. The van der Waals surface area contributed by atoms with Gasteiger partial charge in [0.2, 0.25) is 0 Å². The number of ether oxygens (including phenoxy) is 1. The number of nitrogens with zero attached hydrogens (tertiary/aromatic N) is 4. The molecule has 0 aliphatic carbocycles. The van der Waals surface area contributed by atoms with Gasteiger partial charge in [0.25, 0.3) is 0 Å². The van der Waals surface area contributed by atoms with Gasteiger partial charge < -0.3 is 4.74 Å². The van der Waals surface area contributed by atoms with Gasteiger partial charge in [0, 0.05) is 18.0 Å². The van der Waals surface area contributed by atoms with E-state index < -0.39 is 0 Å². The van der Waals surface area contributed by atoms with Crippen molar-refractivity contribution in [1.82, 2.24) is 19.9 Å². The highest BCUT2D eigenvalue weighted by molar-refractivity contribution is 5.70. The number of pyridine rings is 2. The molecule has 5 nitrogen and oxygen atoms in total. The fourth-order valence-corrected chi connectivity index (χ4v) is 3.67. The Hall–Kier alpha value is -3.60. The lowest BCUT2D eigenvalue weighted by atomic mass is 10.1. The lowest BCUT2D eigenvalue weighted by Crippen LogP contribution is -1.99. The third kappa shape index (κ3) is 6.45. The van der Waals surface area contributed by atoms with Crippen LogP contribution in [-0.2, 0) is 0 Å². The first-order valence-electron chi connectivity index (χ1n) is 11.8. The Labute approximate surface area is 196 Å². The van der Waals surface area contributed by atoms with Crippen molar-refractivity contribution < 1.29 is 4.74 Å². The maximum Gasteiger partial charge on any atom is 0.179 e. The predicted octanol–water partition coefficient (Wildman–Crippen LogP) is 7.01. The number of unbranched alkanes of at least 4 members (excludes halogenated alkanes) is 5. The summed E-state index contributed by atoms with van der Waals surface area (Å²) < 4.78 is 6.04. The minimum Gasteiger partial charge on any atom is -0.494 e. The monoisotopic (exact) mass is 438 g/mol. The molecule has 4 aromatic rings. The average molecular weight is 439 g/mol. The molecule has 33 heavy (non-hydrogen) atoms. The molecule has 3 heterocycles. The number of benzene rings is 1. The summed E-state index contributed by atoms with van der Waals surface area (Å²) in [5.74, 6) is 1.44. The van der Waals surface area contributed by atoms with Crippen LogP contribution in [0.1, 0.15) is 45.4 Å². The molecular formula is C28H30N4O. The van der Waals surface area contributed by atoms with E-state index in [2.05, 4.69) is 16.9 Å². The second-order valence-electron chi connectivity index (χ2n) is 8.04. The molecular weight excluding hydrogens is 408 g/mol. The number of rotatable bonds is 11. The molecule has 0 aliphatic rings. The predicted molar refractivity (Wildman–Crippen MR) is 133 cm³/mol. The highest BCUT2D eigenvalue weighted by Crippen LogP contribution is 2.28. The Kier molecular flexibility index (Phi) is 8.12. The van der Waals surface area contributed by atoms with Gasteiger partial charge in [-0.2, -0.15) is 0 Å². The second-order valence-corrected chi connectivity index (χ2v) is 8.04. The lowest BCUT2D eigenvalue weighted by molar-refractivity contribution is 0.304. The zero-order valence-corrected chi connectivity index (χ0v) is 19.2. The highest BCUT2D eigenvalue weighted by Gasteiger charge is 2.12. The van der Waals surface area contributed by atoms with Crippen molar-refractivity contribution in [1.29, 1.82) is 0 Å². The van der Waals surface area contributed by atoms with Crippen LogP contribution in [0, 0.1) is 0 Å². The van der Waals surface area contributed by atoms with Gasteiger partial charge in [-0.05, 0) is 48.9 Å².